The summed E-state index contributed by atoms with van der Waals surface area (Å²) in [5, 5.41) is 20.4. The number of aliphatic hydroxyl groups is 1. The summed E-state index contributed by atoms with van der Waals surface area (Å²) in [5.74, 6) is 0.879. The summed E-state index contributed by atoms with van der Waals surface area (Å²) in [6.07, 6.45) is 3.82. The smallest absolute Gasteiger partial charge is 0.261 e. The molecule has 1 aliphatic rings. The minimum absolute atomic E-state index is 0.0697. The predicted molar refractivity (Wildman–Crippen MR) is 152 cm³/mol. The molecule has 0 spiro atoms. The number of benzene rings is 2. The fraction of sp³-hybridized carbons (Fsp3) is 0.387. The lowest BCUT2D eigenvalue weighted by Crippen LogP contribution is -2.27. The van der Waals surface area contributed by atoms with Crippen LogP contribution in [0.2, 0.25) is 0 Å². The summed E-state index contributed by atoms with van der Waals surface area (Å²) < 4.78 is 15.8. The number of hydrogen-bond acceptors (Lipinski definition) is 6. The Bertz CT molecular complexity index is 1610. The van der Waals surface area contributed by atoms with Gasteiger partial charge in [0.2, 0.25) is 0 Å². The lowest BCUT2D eigenvalue weighted by molar-refractivity contribution is 0.0552. The predicted octanol–water partition coefficient (Wildman–Crippen LogP) is 5.63. The third-order valence-corrected chi connectivity index (χ3v) is 7.83. The van der Waals surface area contributed by atoms with Gasteiger partial charge in [0.25, 0.3) is 5.88 Å². The number of ether oxygens (including phenoxy) is 2. The van der Waals surface area contributed by atoms with E-state index in [1.54, 1.807) is 4.68 Å². The Kier molecular flexibility index (Phi) is 6.61. The highest BCUT2D eigenvalue weighted by Crippen LogP contribution is 2.42. The van der Waals surface area contributed by atoms with Crippen molar-refractivity contribution in [3.05, 3.63) is 71.9 Å². The van der Waals surface area contributed by atoms with E-state index in [2.05, 4.69) is 63.4 Å². The average Bonchev–Trinajstić information content (AvgIpc) is 3.46. The molecule has 8 heteroatoms. The highest BCUT2D eigenvalue weighted by Gasteiger charge is 2.31. The molecule has 0 aliphatic carbocycles. The van der Waals surface area contributed by atoms with Crippen LogP contribution in [-0.2, 0) is 17.4 Å². The molecule has 1 saturated heterocycles. The zero-order valence-corrected chi connectivity index (χ0v) is 23.0. The number of hydrogen-bond donors (Lipinski definition) is 1. The molecule has 2 aromatic carbocycles. The van der Waals surface area contributed by atoms with Crippen molar-refractivity contribution in [2.45, 2.75) is 45.3 Å². The number of fused-ring (bicyclic) bond motifs is 3. The van der Waals surface area contributed by atoms with Gasteiger partial charge in [-0.1, -0.05) is 52.8 Å². The molecule has 6 rings (SSSR count). The summed E-state index contributed by atoms with van der Waals surface area (Å²) in [6.45, 7) is 7.60. The molecule has 1 aliphatic heterocycles. The van der Waals surface area contributed by atoms with Gasteiger partial charge in [-0.2, -0.15) is 0 Å². The monoisotopic (exact) mass is 525 g/mol. The minimum Gasteiger partial charge on any atom is -0.475 e. The lowest BCUT2D eigenvalue weighted by Gasteiger charge is -2.33. The van der Waals surface area contributed by atoms with Crippen LogP contribution < -0.4 is 4.74 Å². The molecule has 0 amide bonds. The van der Waals surface area contributed by atoms with Gasteiger partial charge < -0.3 is 19.1 Å². The van der Waals surface area contributed by atoms with E-state index >= 15 is 0 Å². The van der Waals surface area contributed by atoms with E-state index in [0.29, 0.717) is 18.4 Å². The van der Waals surface area contributed by atoms with Crippen LogP contribution in [0.4, 0.5) is 0 Å². The summed E-state index contributed by atoms with van der Waals surface area (Å²) >= 11 is 0. The number of aromatic nitrogens is 5. The van der Waals surface area contributed by atoms with Gasteiger partial charge in [-0.3, -0.25) is 4.98 Å². The van der Waals surface area contributed by atoms with Crippen LogP contribution in [0.15, 0.2) is 60.8 Å². The molecule has 39 heavy (non-hydrogen) atoms. The average molecular weight is 526 g/mol. The molecule has 0 radical (unpaired) electrons. The second-order valence-corrected chi connectivity index (χ2v) is 10.9. The molecule has 8 nitrogen and oxygen atoms in total. The fourth-order valence-electron chi connectivity index (χ4n) is 5.91. The fourth-order valence-corrected chi connectivity index (χ4v) is 5.91. The maximum Gasteiger partial charge on any atom is 0.261 e. The molecule has 5 aromatic rings. The second-order valence-electron chi connectivity index (χ2n) is 10.9. The first kappa shape index (κ1) is 25.5. The summed E-state index contributed by atoms with van der Waals surface area (Å²) in [7, 11) is 1.87. The molecule has 0 bridgehead atoms. The normalized spacial score (nSPS) is 15.7. The van der Waals surface area contributed by atoms with Crippen molar-refractivity contribution in [1.29, 1.82) is 0 Å². The third kappa shape index (κ3) is 4.57. The van der Waals surface area contributed by atoms with Crippen molar-refractivity contribution >= 4 is 21.9 Å². The van der Waals surface area contributed by atoms with Crippen molar-refractivity contribution in [1.82, 2.24) is 24.5 Å². The van der Waals surface area contributed by atoms with Gasteiger partial charge in [-0.15, -0.1) is 0 Å². The number of nitrogens with zero attached hydrogens (tertiary/aromatic N) is 5. The highest BCUT2D eigenvalue weighted by atomic mass is 16.5. The number of pyridine rings is 1. The van der Waals surface area contributed by atoms with E-state index in [-0.39, 0.29) is 6.04 Å². The number of aryl methyl sites for hydroxylation is 1. The Morgan fingerprint density at radius 1 is 1.08 bits per heavy atom. The van der Waals surface area contributed by atoms with Gasteiger partial charge in [-0.05, 0) is 62.8 Å². The Morgan fingerprint density at radius 2 is 1.85 bits per heavy atom. The van der Waals surface area contributed by atoms with E-state index in [1.165, 1.54) is 5.56 Å². The van der Waals surface area contributed by atoms with Gasteiger partial charge in [0.15, 0.2) is 0 Å². The van der Waals surface area contributed by atoms with Gasteiger partial charge in [0.1, 0.15) is 5.69 Å². The highest BCUT2D eigenvalue weighted by molar-refractivity contribution is 6.07. The third-order valence-electron chi connectivity index (χ3n) is 7.83. The Morgan fingerprint density at radius 3 is 2.56 bits per heavy atom. The summed E-state index contributed by atoms with van der Waals surface area (Å²) in [4.78, 5) is 5.01. The van der Waals surface area contributed by atoms with Crippen LogP contribution in [-0.4, -0.2) is 49.5 Å². The molecule has 1 N–H and O–H groups in total. The van der Waals surface area contributed by atoms with Crippen LogP contribution in [0.3, 0.4) is 0 Å². The van der Waals surface area contributed by atoms with E-state index in [1.807, 2.05) is 40.1 Å². The van der Waals surface area contributed by atoms with Crippen LogP contribution in [0.25, 0.3) is 33.2 Å². The molecular formula is C31H35N5O3. The van der Waals surface area contributed by atoms with Gasteiger partial charge in [0, 0.05) is 37.4 Å². The van der Waals surface area contributed by atoms with Crippen molar-refractivity contribution < 1.29 is 14.6 Å². The van der Waals surface area contributed by atoms with E-state index < -0.39 is 5.60 Å². The molecular weight excluding hydrogens is 490 g/mol. The maximum atomic E-state index is 10.9. The number of rotatable bonds is 7. The van der Waals surface area contributed by atoms with Crippen LogP contribution >= 0.6 is 0 Å². The zero-order chi connectivity index (χ0) is 27.1. The molecule has 3 aromatic heterocycles. The van der Waals surface area contributed by atoms with Crippen molar-refractivity contribution in [3.8, 4) is 17.1 Å². The van der Waals surface area contributed by atoms with E-state index in [4.69, 9.17) is 14.5 Å². The zero-order valence-electron chi connectivity index (χ0n) is 23.0. The molecule has 1 fully saturated rings. The SMILES string of the molecule is CCOc1nnn(C)c1-c1cnc2c3ccc(C(C)(C)O)cc3n(C(c3ccccc3)C3CCOCC3)c2c1. The topological polar surface area (TPSA) is 87.2 Å². The van der Waals surface area contributed by atoms with Crippen LogP contribution in [0.5, 0.6) is 5.88 Å². The summed E-state index contributed by atoms with van der Waals surface area (Å²) in [6, 6.07) is 19.2. The lowest BCUT2D eigenvalue weighted by atomic mass is 9.86. The van der Waals surface area contributed by atoms with E-state index in [9.17, 15) is 5.11 Å². The quantitative estimate of drug-likeness (QED) is 0.296. The standard InChI is InChI=1S/C31H35N5O3/c1-5-39-30-29(35(4)34-33-30)22-17-26-27(32-19-22)24-12-11-23(31(2,3)37)18-25(24)36(26)28(20-9-7-6-8-10-20)21-13-15-38-16-14-21/h6-12,17-19,21,28,37H,5,13-16H2,1-4H3. The van der Waals surface area contributed by atoms with Crippen molar-refractivity contribution in [2.75, 3.05) is 19.8 Å². The second kappa shape index (κ2) is 10.1. The first-order chi connectivity index (χ1) is 18.9. The van der Waals surface area contributed by atoms with Crippen LogP contribution in [0.1, 0.15) is 50.8 Å². The molecule has 1 atom stereocenters. The Labute approximate surface area is 228 Å². The molecule has 1 unspecified atom stereocenters. The molecule has 4 heterocycles. The first-order valence-corrected chi connectivity index (χ1v) is 13.7. The van der Waals surface area contributed by atoms with Crippen LogP contribution in [0, 0.1) is 5.92 Å². The van der Waals surface area contributed by atoms with E-state index in [0.717, 1.165) is 64.8 Å². The van der Waals surface area contributed by atoms with Gasteiger partial charge >= 0.3 is 0 Å². The first-order valence-electron chi connectivity index (χ1n) is 13.7. The van der Waals surface area contributed by atoms with Gasteiger partial charge in [-0.25, -0.2) is 4.68 Å². The van der Waals surface area contributed by atoms with Gasteiger partial charge in [0.05, 0.1) is 34.8 Å². The Balaban J connectivity index is 1.67. The largest absolute Gasteiger partial charge is 0.475 e. The molecule has 202 valence electrons. The van der Waals surface area contributed by atoms with Crippen molar-refractivity contribution in [3.63, 3.8) is 0 Å². The Hall–Kier alpha value is -3.75. The van der Waals surface area contributed by atoms with Crippen molar-refractivity contribution in [2.24, 2.45) is 13.0 Å². The summed E-state index contributed by atoms with van der Waals surface area (Å²) in [5.41, 5.74) is 5.85. The minimum atomic E-state index is -0.970. The molecule has 0 saturated carbocycles. The maximum absolute atomic E-state index is 10.9.